The zero-order chi connectivity index (χ0) is 18.9. The van der Waals surface area contributed by atoms with E-state index in [1.807, 2.05) is 0 Å². The van der Waals surface area contributed by atoms with E-state index in [9.17, 15) is 18.4 Å². The fraction of sp³-hybridized carbons (Fsp3) is 0.556. The molecule has 0 bridgehead atoms. The lowest BCUT2D eigenvalue weighted by atomic mass is 9.97. The summed E-state index contributed by atoms with van der Waals surface area (Å²) in [4.78, 5) is 25.5. The van der Waals surface area contributed by atoms with E-state index in [-0.39, 0.29) is 23.7 Å². The molecule has 1 aromatic rings. The van der Waals surface area contributed by atoms with Crippen molar-refractivity contribution in [2.45, 2.75) is 32.8 Å². The Kier molecular flexibility index (Phi) is 7.62. The lowest BCUT2D eigenvalue weighted by Crippen LogP contribution is -2.46. The summed E-state index contributed by atoms with van der Waals surface area (Å²) in [6.07, 6.45) is 1.80. The van der Waals surface area contributed by atoms with Crippen LogP contribution in [0.25, 0.3) is 0 Å². The number of benzene rings is 1. The summed E-state index contributed by atoms with van der Waals surface area (Å²) in [6.45, 7) is 0.790. The summed E-state index contributed by atoms with van der Waals surface area (Å²) < 4.78 is 33.5. The van der Waals surface area contributed by atoms with Crippen molar-refractivity contribution < 1.29 is 27.8 Å². The van der Waals surface area contributed by atoms with Crippen molar-refractivity contribution in [3.63, 3.8) is 0 Å². The molecule has 0 saturated carbocycles. The second-order valence-corrected chi connectivity index (χ2v) is 6.02. The molecular formula is C18H24F2N2O4. The maximum absolute atomic E-state index is 12.2. The first kappa shape index (κ1) is 19.9. The van der Waals surface area contributed by atoms with Gasteiger partial charge in [-0.2, -0.15) is 8.78 Å². The Balaban J connectivity index is 1.68. The van der Waals surface area contributed by atoms with Crippen LogP contribution in [0.3, 0.4) is 0 Å². The summed E-state index contributed by atoms with van der Waals surface area (Å²) >= 11 is 0. The Morgan fingerprint density at radius 2 is 1.88 bits per heavy atom. The molecule has 0 spiro atoms. The molecule has 1 heterocycles. The van der Waals surface area contributed by atoms with Crippen LogP contribution in [-0.2, 0) is 16.0 Å². The number of piperidine rings is 1. The molecule has 144 valence electrons. The molecule has 1 aliphatic rings. The fourth-order valence-corrected chi connectivity index (χ4v) is 2.84. The van der Waals surface area contributed by atoms with Gasteiger partial charge in [-0.1, -0.05) is 12.1 Å². The number of carbonyl (C=O) groups excluding carboxylic acids is 2. The van der Waals surface area contributed by atoms with Gasteiger partial charge >= 0.3 is 18.6 Å². The molecule has 2 amide bonds. The average molecular weight is 370 g/mol. The molecule has 0 unspecified atom stereocenters. The van der Waals surface area contributed by atoms with Crippen molar-refractivity contribution >= 4 is 12.0 Å². The van der Waals surface area contributed by atoms with E-state index in [0.717, 1.165) is 5.56 Å². The molecule has 26 heavy (non-hydrogen) atoms. The highest BCUT2D eigenvalue weighted by Crippen LogP contribution is 2.19. The van der Waals surface area contributed by atoms with Crippen LogP contribution in [0.1, 0.15) is 25.3 Å². The minimum atomic E-state index is -2.84. The van der Waals surface area contributed by atoms with E-state index in [1.54, 1.807) is 24.0 Å². The summed E-state index contributed by atoms with van der Waals surface area (Å²) in [5, 5.41) is 2.84. The molecule has 0 atom stereocenters. The lowest BCUT2D eigenvalue weighted by molar-refractivity contribution is -0.149. The Hall–Kier alpha value is -2.38. The molecule has 1 N–H and O–H groups in total. The molecule has 2 rings (SSSR count). The first-order valence-electron chi connectivity index (χ1n) is 8.72. The Bertz CT molecular complexity index is 587. The maximum atomic E-state index is 12.2. The van der Waals surface area contributed by atoms with Crippen LogP contribution in [0.2, 0.25) is 0 Å². The third-order valence-corrected chi connectivity index (χ3v) is 4.24. The number of ether oxygens (including phenoxy) is 2. The molecule has 1 fully saturated rings. The molecule has 0 radical (unpaired) electrons. The van der Waals surface area contributed by atoms with E-state index in [4.69, 9.17) is 4.74 Å². The van der Waals surface area contributed by atoms with Crippen molar-refractivity contribution in [2.75, 3.05) is 26.2 Å². The quantitative estimate of drug-likeness (QED) is 0.750. The SMILES string of the molecule is CCOC(=O)C1CCN(C(=O)NCCc2ccc(OC(F)F)cc2)CC1. The van der Waals surface area contributed by atoms with E-state index in [1.165, 1.54) is 12.1 Å². The topological polar surface area (TPSA) is 67.9 Å². The van der Waals surface area contributed by atoms with Crippen LogP contribution < -0.4 is 10.1 Å². The van der Waals surface area contributed by atoms with Crippen molar-refractivity contribution in [1.29, 1.82) is 0 Å². The number of nitrogens with one attached hydrogen (secondary N) is 1. The highest BCUT2D eigenvalue weighted by Gasteiger charge is 2.27. The third-order valence-electron chi connectivity index (χ3n) is 4.24. The Morgan fingerprint density at radius 1 is 1.23 bits per heavy atom. The number of amides is 2. The van der Waals surface area contributed by atoms with Crippen molar-refractivity contribution in [2.24, 2.45) is 5.92 Å². The summed E-state index contributed by atoms with van der Waals surface area (Å²) in [5.41, 5.74) is 0.910. The minimum Gasteiger partial charge on any atom is -0.466 e. The second-order valence-electron chi connectivity index (χ2n) is 6.02. The van der Waals surface area contributed by atoms with Crippen LogP contribution >= 0.6 is 0 Å². The van der Waals surface area contributed by atoms with Crippen LogP contribution in [0.15, 0.2) is 24.3 Å². The maximum Gasteiger partial charge on any atom is 0.387 e. The van der Waals surface area contributed by atoms with Gasteiger partial charge in [-0.3, -0.25) is 4.79 Å². The number of hydrogen-bond acceptors (Lipinski definition) is 4. The highest BCUT2D eigenvalue weighted by atomic mass is 19.3. The van der Waals surface area contributed by atoms with Crippen LogP contribution in [0.5, 0.6) is 5.75 Å². The Morgan fingerprint density at radius 3 is 2.46 bits per heavy atom. The predicted octanol–water partition coefficient (Wildman–Crippen LogP) is 2.82. The van der Waals surface area contributed by atoms with Gasteiger partial charge in [0.25, 0.3) is 0 Å². The highest BCUT2D eigenvalue weighted by molar-refractivity contribution is 5.76. The number of esters is 1. The van der Waals surface area contributed by atoms with E-state index in [0.29, 0.717) is 45.5 Å². The largest absolute Gasteiger partial charge is 0.466 e. The van der Waals surface area contributed by atoms with Gasteiger partial charge in [-0.15, -0.1) is 0 Å². The standard InChI is InChI=1S/C18H24F2N2O4/c1-2-25-16(23)14-8-11-22(12-9-14)18(24)21-10-7-13-3-5-15(6-4-13)26-17(19)20/h3-6,14,17H,2,7-12H2,1H3,(H,21,24). The first-order valence-corrected chi connectivity index (χ1v) is 8.72. The van der Waals surface area contributed by atoms with Gasteiger partial charge < -0.3 is 19.7 Å². The van der Waals surface area contributed by atoms with Gasteiger partial charge in [0.05, 0.1) is 12.5 Å². The Labute approximate surface area is 151 Å². The zero-order valence-corrected chi connectivity index (χ0v) is 14.7. The molecule has 0 aliphatic carbocycles. The van der Waals surface area contributed by atoms with Gasteiger partial charge in [0.15, 0.2) is 0 Å². The number of alkyl halides is 2. The number of rotatable bonds is 7. The second kappa shape index (κ2) is 9.94. The van der Waals surface area contributed by atoms with Crippen LogP contribution in [0.4, 0.5) is 13.6 Å². The van der Waals surface area contributed by atoms with Crippen molar-refractivity contribution in [1.82, 2.24) is 10.2 Å². The monoisotopic (exact) mass is 370 g/mol. The van der Waals surface area contributed by atoms with Crippen LogP contribution in [-0.4, -0.2) is 49.8 Å². The number of likely N-dealkylation sites (tertiary alicyclic amines) is 1. The molecule has 1 aromatic carbocycles. The first-order chi connectivity index (χ1) is 12.5. The number of urea groups is 1. The lowest BCUT2D eigenvalue weighted by Gasteiger charge is -2.30. The van der Waals surface area contributed by atoms with Crippen LogP contribution in [0, 0.1) is 5.92 Å². The van der Waals surface area contributed by atoms with Gasteiger partial charge in [0.1, 0.15) is 5.75 Å². The molecule has 0 aromatic heterocycles. The molecule has 8 heteroatoms. The number of hydrogen-bond donors (Lipinski definition) is 1. The zero-order valence-electron chi connectivity index (χ0n) is 14.7. The van der Waals surface area contributed by atoms with E-state index >= 15 is 0 Å². The average Bonchev–Trinajstić information content (AvgIpc) is 2.63. The number of nitrogens with zero attached hydrogens (tertiary/aromatic N) is 1. The number of halogens is 2. The molecule has 1 aliphatic heterocycles. The van der Waals surface area contributed by atoms with E-state index < -0.39 is 6.61 Å². The number of carbonyl (C=O) groups is 2. The van der Waals surface area contributed by atoms with E-state index in [2.05, 4.69) is 10.1 Å². The van der Waals surface area contributed by atoms with Crippen molar-refractivity contribution in [3.8, 4) is 5.75 Å². The summed E-state index contributed by atoms with van der Waals surface area (Å²) in [7, 11) is 0. The van der Waals surface area contributed by atoms with Crippen molar-refractivity contribution in [3.05, 3.63) is 29.8 Å². The van der Waals surface area contributed by atoms with Gasteiger partial charge in [0.2, 0.25) is 0 Å². The summed E-state index contributed by atoms with van der Waals surface area (Å²) in [5.74, 6) is -0.211. The predicted molar refractivity (Wildman–Crippen MR) is 91.1 cm³/mol. The third kappa shape index (κ3) is 6.16. The molecule has 6 nitrogen and oxygen atoms in total. The van der Waals surface area contributed by atoms with Gasteiger partial charge in [0, 0.05) is 19.6 Å². The van der Waals surface area contributed by atoms with Gasteiger partial charge in [-0.05, 0) is 43.9 Å². The van der Waals surface area contributed by atoms with Gasteiger partial charge in [-0.25, -0.2) is 4.79 Å². The minimum absolute atomic E-state index is 0.109. The summed E-state index contributed by atoms with van der Waals surface area (Å²) in [6, 6.07) is 6.17. The fourth-order valence-electron chi connectivity index (χ4n) is 2.84. The molecule has 1 saturated heterocycles. The molecular weight excluding hydrogens is 346 g/mol. The normalized spacial score (nSPS) is 15.0. The smallest absolute Gasteiger partial charge is 0.387 e.